The van der Waals surface area contributed by atoms with Crippen molar-refractivity contribution in [1.82, 2.24) is 4.57 Å². The summed E-state index contributed by atoms with van der Waals surface area (Å²) in [6, 6.07) is 6.64. The topological polar surface area (TPSA) is 30.9 Å². The number of nitrogens with two attached hydrogens (primary N) is 1. The Morgan fingerprint density at radius 2 is 1.93 bits per heavy atom. The summed E-state index contributed by atoms with van der Waals surface area (Å²) in [7, 11) is 1.63. The number of aromatic nitrogens is 1. The van der Waals surface area contributed by atoms with Crippen molar-refractivity contribution < 1.29 is 8.78 Å². The predicted octanol–water partition coefficient (Wildman–Crippen LogP) is 2.87. The van der Waals surface area contributed by atoms with Crippen LogP contribution in [0, 0.1) is 0 Å². The zero-order valence-electron chi connectivity index (χ0n) is 8.59. The van der Waals surface area contributed by atoms with Crippen molar-refractivity contribution >= 4 is 16.6 Å². The highest BCUT2D eigenvalue weighted by molar-refractivity contribution is 5.84. The second-order valence-corrected chi connectivity index (χ2v) is 3.80. The standard InChI is InChI=1S/C11H12F2N2/c1-11(12,13)10-6-7-5-8(14)3-4-9(7)15(10)2/h3-6H,14H2,1-2H3. The van der Waals surface area contributed by atoms with E-state index in [-0.39, 0.29) is 5.69 Å². The molecule has 1 aromatic heterocycles. The van der Waals surface area contributed by atoms with Crippen LogP contribution in [-0.4, -0.2) is 4.57 Å². The summed E-state index contributed by atoms with van der Waals surface area (Å²) in [6.07, 6.45) is 0. The summed E-state index contributed by atoms with van der Waals surface area (Å²) in [5.41, 5.74) is 6.95. The maximum atomic E-state index is 13.2. The highest BCUT2D eigenvalue weighted by atomic mass is 19.3. The number of fused-ring (bicyclic) bond motifs is 1. The van der Waals surface area contributed by atoms with Crippen LogP contribution in [0.1, 0.15) is 12.6 Å². The summed E-state index contributed by atoms with van der Waals surface area (Å²) >= 11 is 0. The van der Waals surface area contributed by atoms with Gasteiger partial charge in [-0.1, -0.05) is 0 Å². The van der Waals surface area contributed by atoms with E-state index in [0.717, 1.165) is 17.8 Å². The zero-order valence-corrected chi connectivity index (χ0v) is 8.59. The van der Waals surface area contributed by atoms with Gasteiger partial charge in [-0.15, -0.1) is 0 Å². The minimum atomic E-state index is -2.83. The van der Waals surface area contributed by atoms with Crippen molar-refractivity contribution in [3.8, 4) is 0 Å². The lowest BCUT2D eigenvalue weighted by Crippen LogP contribution is -2.12. The van der Waals surface area contributed by atoms with Gasteiger partial charge in [0.25, 0.3) is 5.92 Å². The first-order valence-electron chi connectivity index (χ1n) is 4.63. The molecule has 1 heterocycles. The van der Waals surface area contributed by atoms with Gasteiger partial charge >= 0.3 is 0 Å². The van der Waals surface area contributed by atoms with E-state index < -0.39 is 5.92 Å². The molecule has 0 unspecified atom stereocenters. The minimum absolute atomic E-state index is 0.00287. The summed E-state index contributed by atoms with van der Waals surface area (Å²) in [4.78, 5) is 0. The molecule has 0 aliphatic rings. The maximum absolute atomic E-state index is 13.2. The molecule has 1 aromatic carbocycles. The number of hydrogen-bond acceptors (Lipinski definition) is 1. The maximum Gasteiger partial charge on any atom is 0.285 e. The van der Waals surface area contributed by atoms with Crippen LogP contribution < -0.4 is 5.73 Å². The van der Waals surface area contributed by atoms with Gasteiger partial charge < -0.3 is 10.3 Å². The molecule has 0 saturated heterocycles. The Hall–Kier alpha value is -1.58. The highest BCUT2D eigenvalue weighted by Gasteiger charge is 2.28. The van der Waals surface area contributed by atoms with Gasteiger partial charge in [0.1, 0.15) is 0 Å². The second kappa shape index (κ2) is 2.95. The van der Waals surface area contributed by atoms with Gasteiger partial charge in [-0.3, -0.25) is 0 Å². The zero-order chi connectivity index (χ0) is 11.2. The number of anilines is 1. The normalized spacial score (nSPS) is 12.3. The van der Waals surface area contributed by atoms with E-state index in [0.29, 0.717) is 5.69 Å². The predicted molar refractivity (Wildman–Crippen MR) is 56.9 cm³/mol. The first-order valence-corrected chi connectivity index (χ1v) is 4.63. The Kier molecular flexibility index (Phi) is 1.96. The third-order valence-corrected chi connectivity index (χ3v) is 2.52. The molecule has 0 atom stereocenters. The van der Waals surface area contributed by atoms with Crippen LogP contribution >= 0.6 is 0 Å². The van der Waals surface area contributed by atoms with E-state index in [9.17, 15) is 8.78 Å². The molecular weight excluding hydrogens is 198 g/mol. The lowest BCUT2D eigenvalue weighted by atomic mass is 10.2. The molecule has 2 aromatic rings. The largest absolute Gasteiger partial charge is 0.399 e. The fourth-order valence-corrected chi connectivity index (χ4v) is 1.79. The number of benzene rings is 1. The Labute approximate surface area is 86.3 Å². The van der Waals surface area contributed by atoms with Gasteiger partial charge in [-0.25, -0.2) is 8.78 Å². The molecule has 0 saturated carbocycles. The summed E-state index contributed by atoms with van der Waals surface area (Å²) in [5.74, 6) is -2.83. The van der Waals surface area contributed by atoms with E-state index in [1.165, 1.54) is 10.6 Å². The van der Waals surface area contributed by atoms with Crippen molar-refractivity contribution in [3.05, 3.63) is 30.0 Å². The number of aryl methyl sites for hydroxylation is 1. The van der Waals surface area contributed by atoms with E-state index in [1.54, 1.807) is 25.2 Å². The van der Waals surface area contributed by atoms with Gasteiger partial charge in [0.15, 0.2) is 0 Å². The second-order valence-electron chi connectivity index (χ2n) is 3.80. The van der Waals surface area contributed by atoms with Gasteiger partial charge in [-0.05, 0) is 24.3 Å². The lowest BCUT2D eigenvalue weighted by Gasteiger charge is -2.11. The van der Waals surface area contributed by atoms with Crippen molar-refractivity contribution in [1.29, 1.82) is 0 Å². The van der Waals surface area contributed by atoms with E-state index >= 15 is 0 Å². The number of hydrogen-bond donors (Lipinski definition) is 1. The number of nitrogen functional groups attached to an aromatic ring is 1. The summed E-state index contributed by atoms with van der Waals surface area (Å²) in [6.45, 7) is 0.893. The highest BCUT2D eigenvalue weighted by Crippen LogP contribution is 2.32. The number of alkyl halides is 2. The molecule has 0 amide bonds. The minimum Gasteiger partial charge on any atom is -0.399 e. The smallest absolute Gasteiger partial charge is 0.285 e. The van der Waals surface area contributed by atoms with E-state index in [2.05, 4.69) is 0 Å². The molecule has 0 radical (unpaired) electrons. The van der Waals surface area contributed by atoms with Crippen LogP contribution in [0.3, 0.4) is 0 Å². The molecule has 0 bridgehead atoms. The average Bonchev–Trinajstić information content (AvgIpc) is 2.42. The van der Waals surface area contributed by atoms with Crippen LogP contribution in [0.25, 0.3) is 10.9 Å². The van der Waals surface area contributed by atoms with Crippen molar-refractivity contribution in [2.24, 2.45) is 7.05 Å². The Morgan fingerprint density at radius 3 is 2.53 bits per heavy atom. The van der Waals surface area contributed by atoms with Crippen LogP contribution in [0.5, 0.6) is 0 Å². The lowest BCUT2D eigenvalue weighted by molar-refractivity contribution is 0.0103. The molecule has 0 fully saturated rings. The van der Waals surface area contributed by atoms with Crippen molar-refractivity contribution in [3.63, 3.8) is 0 Å². The number of halogens is 2. The Balaban J connectivity index is 2.75. The first-order chi connectivity index (χ1) is 6.89. The number of nitrogens with zero attached hydrogens (tertiary/aromatic N) is 1. The Morgan fingerprint density at radius 1 is 1.27 bits per heavy atom. The average molecular weight is 210 g/mol. The van der Waals surface area contributed by atoms with Crippen molar-refractivity contribution in [2.75, 3.05) is 5.73 Å². The van der Waals surface area contributed by atoms with Gasteiger partial charge in [0.2, 0.25) is 0 Å². The van der Waals surface area contributed by atoms with Crippen LogP contribution in [0.15, 0.2) is 24.3 Å². The fraction of sp³-hybridized carbons (Fsp3) is 0.273. The van der Waals surface area contributed by atoms with Crippen LogP contribution in [0.2, 0.25) is 0 Å². The van der Waals surface area contributed by atoms with Gasteiger partial charge in [0, 0.05) is 30.6 Å². The summed E-state index contributed by atoms with van der Waals surface area (Å²) in [5, 5.41) is 0.744. The molecule has 0 aliphatic carbocycles. The molecule has 2 rings (SSSR count). The molecule has 0 spiro atoms. The van der Waals surface area contributed by atoms with Crippen LogP contribution in [-0.2, 0) is 13.0 Å². The fourth-order valence-electron chi connectivity index (χ4n) is 1.79. The molecule has 15 heavy (non-hydrogen) atoms. The first kappa shape index (κ1) is 9.96. The van der Waals surface area contributed by atoms with Gasteiger partial charge in [0.05, 0.1) is 5.69 Å². The van der Waals surface area contributed by atoms with Crippen molar-refractivity contribution in [2.45, 2.75) is 12.8 Å². The molecule has 4 heteroatoms. The molecule has 2 N–H and O–H groups in total. The number of rotatable bonds is 1. The third-order valence-electron chi connectivity index (χ3n) is 2.52. The van der Waals surface area contributed by atoms with Crippen LogP contribution in [0.4, 0.5) is 14.5 Å². The molecule has 2 nitrogen and oxygen atoms in total. The SMILES string of the molecule is Cn1c(C(C)(F)F)cc2cc(N)ccc21. The quantitative estimate of drug-likeness (QED) is 0.721. The summed E-state index contributed by atoms with van der Waals surface area (Å²) < 4.78 is 27.9. The third kappa shape index (κ3) is 1.56. The van der Waals surface area contributed by atoms with E-state index in [4.69, 9.17) is 5.73 Å². The monoisotopic (exact) mass is 210 g/mol. The molecule has 0 aliphatic heterocycles. The Bertz CT molecular complexity index is 509. The van der Waals surface area contributed by atoms with E-state index in [1.807, 2.05) is 0 Å². The molecule has 80 valence electrons. The van der Waals surface area contributed by atoms with Gasteiger partial charge in [-0.2, -0.15) is 0 Å². The molecular formula is C11H12F2N2.